The molecule has 0 amide bonds. The van der Waals surface area contributed by atoms with E-state index in [4.69, 9.17) is 19.9 Å². The second kappa shape index (κ2) is 12.2. The lowest BCUT2D eigenvalue weighted by Gasteiger charge is -2.09. The number of halogens is 1. The van der Waals surface area contributed by atoms with Gasteiger partial charge in [-0.15, -0.1) is 24.0 Å². The number of methoxy groups -OCH3 is 2. The number of hydrogen-bond acceptors (Lipinski definition) is 5. The second-order valence-electron chi connectivity index (χ2n) is 5.17. The zero-order valence-electron chi connectivity index (χ0n) is 15.0. The van der Waals surface area contributed by atoms with Crippen molar-refractivity contribution in [2.45, 2.75) is 6.42 Å². The molecule has 0 unspecified atom stereocenters. The number of aliphatic imine (C=N–C) groups is 1. The minimum absolute atomic E-state index is 0. The molecule has 0 atom stereocenters. The van der Waals surface area contributed by atoms with Crippen molar-refractivity contribution in [1.29, 1.82) is 0 Å². The molecule has 142 valence electrons. The van der Waals surface area contributed by atoms with Crippen LogP contribution in [0.15, 0.2) is 47.7 Å². The van der Waals surface area contributed by atoms with Gasteiger partial charge in [-0.1, -0.05) is 6.07 Å². The van der Waals surface area contributed by atoms with Crippen molar-refractivity contribution in [1.82, 2.24) is 10.3 Å². The average molecular weight is 472 g/mol. The molecule has 2 aromatic rings. The van der Waals surface area contributed by atoms with Gasteiger partial charge in [0.2, 0.25) is 0 Å². The molecule has 0 aliphatic rings. The van der Waals surface area contributed by atoms with E-state index in [0.717, 1.165) is 17.7 Å². The standard InChI is InChI=1S/C18H24N4O3.HI/c1-23-16-6-5-14(12-17(16)24-2)7-9-21-18(19)22-10-11-25-15-4-3-8-20-13-15;/h3-6,8,12-13H,7,9-11H2,1-2H3,(H3,19,21,22);1H. The smallest absolute Gasteiger partial charge is 0.188 e. The molecule has 0 bridgehead atoms. The lowest BCUT2D eigenvalue weighted by Crippen LogP contribution is -2.35. The van der Waals surface area contributed by atoms with Gasteiger partial charge >= 0.3 is 0 Å². The van der Waals surface area contributed by atoms with E-state index in [1.807, 2.05) is 30.3 Å². The predicted molar refractivity (Wildman–Crippen MR) is 113 cm³/mol. The highest BCUT2D eigenvalue weighted by Crippen LogP contribution is 2.27. The Morgan fingerprint density at radius 3 is 2.69 bits per heavy atom. The quantitative estimate of drug-likeness (QED) is 0.252. The Kier molecular flexibility index (Phi) is 10.2. The van der Waals surface area contributed by atoms with Gasteiger partial charge in [-0.25, -0.2) is 0 Å². The Labute approximate surface area is 171 Å². The van der Waals surface area contributed by atoms with Gasteiger partial charge in [0, 0.05) is 12.7 Å². The summed E-state index contributed by atoms with van der Waals surface area (Å²) in [4.78, 5) is 8.29. The van der Waals surface area contributed by atoms with E-state index in [1.165, 1.54) is 0 Å². The highest BCUT2D eigenvalue weighted by molar-refractivity contribution is 14.0. The van der Waals surface area contributed by atoms with Gasteiger partial charge in [0.25, 0.3) is 0 Å². The molecule has 0 spiro atoms. The number of aromatic nitrogens is 1. The number of nitrogens with two attached hydrogens (primary N) is 1. The monoisotopic (exact) mass is 472 g/mol. The summed E-state index contributed by atoms with van der Waals surface area (Å²) in [5.41, 5.74) is 6.95. The Balaban J connectivity index is 0.00000338. The molecule has 1 heterocycles. The third kappa shape index (κ3) is 7.34. The van der Waals surface area contributed by atoms with Crippen molar-refractivity contribution < 1.29 is 14.2 Å². The summed E-state index contributed by atoms with van der Waals surface area (Å²) in [6.07, 6.45) is 4.13. The Morgan fingerprint density at radius 1 is 1.19 bits per heavy atom. The van der Waals surface area contributed by atoms with E-state index >= 15 is 0 Å². The van der Waals surface area contributed by atoms with Gasteiger partial charge in [-0.3, -0.25) is 9.98 Å². The third-order valence-electron chi connectivity index (χ3n) is 3.44. The Hall–Kier alpha value is -2.23. The second-order valence-corrected chi connectivity index (χ2v) is 5.17. The minimum atomic E-state index is 0. The van der Waals surface area contributed by atoms with Crippen LogP contribution >= 0.6 is 24.0 Å². The molecule has 7 nitrogen and oxygen atoms in total. The highest BCUT2D eigenvalue weighted by Gasteiger charge is 2.04. The van der Waals surface area contributed by atoms with Crippen LogP contribution in [0.3, 0.4) is 0 Å². The van der Waals surface area contributed by atoms with Crippen LogP contribution in [0, 0.1) is 0 Å². The molecule has 1 aromatic carbocycles. The third-order valence-corrected chi connectivity index (χ3v) is 3.44. The van der Waals surface area contributed by atoms with Crippen LogP contribution in [0.2, 0.25) is 0 Å². The van der Waals surface area contributed by atoms with Crippen LogP contribution in [-0.4, -0.2) is 44.9 Å². The van der Waals surface area contributed by atoms with Crippen LogP contribution in [0.1, 0.15) is 5.56 Å². The number of hydrogen-bond donors (Lipinski definition) is 2. The van der Waals surface area contributed by atoms with Crippen molar-refractivity contribution in [3.05, 3.63) is 48.3 Å². The maximum atomic E-state index is 5.85. The molecule has 26 heavy (non-hydrogen) atoms. The fraction of sp³-hybridized carbons (Fsp3) is 0.333. The van der Waals surface area contributed by atoms with Gasteiger partial charge in [0.15, 0.2) is 17.5 Å². The van der Waals surface area contributed by atoms with Crippen LogP contribution < -0.4 is 25.3 Å². The van der Waals surface area contributed by atoms with Crippen molar-refractivity contribution in [3.63, 3.8) is 0 Å². The van der Waals surface area contributed by atoms with Crippen molar-refractivity contribution in [3.8, 4) is 17.2 Å². The fourth-order valence-electron chi connectivity index (χ4n) is 2.18. The number of guanidine groups is 1. The summed E-state index contributed by atoms with van der Waals surface area (Å²) >= 11 is 0. The Bertz CT molecular complexity index is 683. The van der Waals surface area contributed by atoms with Gasteiger partial charge < -0.3 is 25.3 Å². The molecule has 0 fully saturated rings. The molecular weight excluding hydrogens is 447 g/mol. The molecular formula is C18H25IN4O3. The first-order valence-electron chi connectivity index (χ1n) is 8.00. The first kappa shape index (κ1) is 21.8. The summed E-state index contributed by atoms with van der Waals surface area (Å²) in [7, 11) is 3.24. The SMILES string of the molecule is COc1ccc(CCN=C(N)NCCOc2cccnc2)cc1OC.I. The Morgan fingerprint density at radius 2 is 2.00 bits per heavy atom. The molecule has 0 saturated carbocycles. The normalized spacial score (nSPS) is 10.6. The number of nitrogens with one attached hydrogen (secondary N) is 1. The molecule has 1 aromatic heterocycles. The van der Waals surface area contributed by atoms with E-state index in [2.05, 4.69) is 15.3 Å². The summed E-state index contributed by atoms with van der Waals surface area (Å²) < 4.78 is 16.0. The lowest BCUT2D eigenvalue weighted by atomic mass is 10.1. The molecule has 0 radical (unpaired) electrons. The van der Waals surface area contributed by atoms with Crippen LogP contribution in [0.5, 0.6) is 17.2 Å². The van der Waals surface area contributed by atoms with Gasteiger partial charge in [0.1, 0.15) is 12.4 Å². The van der Waals surface area contributed by atoms with Crippen molar-refractivity contribution in [2.24, 2.45) is 10.7 Å². The maximum Gasteiger partial charge on any atom is 0.188 e. The summed E-state index contributed by atoms with van der Waals surface area (Å²) in [6, 6.07) is 9.50. The molecule has 0 aliphatic carbocycles. The van der Waals surface area contributed by atoms with E-state index in [-0.39, 0.29) is 24.0 Å². The average Bonchev–Trinajstić information content (AvgIpc) is 2.66. The molecule has 2 rings (SSSR count). The molecule has 3 N–H and O–H groups in total. The topological polar surface area (TPSA) is 91.0 Å². The number of rotatable bonds is 9. The predicted octanol–water partition coefficient (Wildman–Crippen LogP) is 2.24. The maximum absolute atomic E-state index is 5.85. The van der Waals surface area contributed by atoms with E-state index in [9.17, 15) is 0 Å². The number of pyridine rings is 1. The molecule has 0 aliphatic heterocycles. The zero-order valence-corrected chi connectivity index (χ0v) is 17.3. The lowest BCUT2D eigenvalue weighted by molar-refractivity contribution is 0.321. The first-order valence-corrected chi connectivity index (χ1v) is 8.00. The van der Waals surface area contributed by atoms with E-state index in [1.54, 1.807) is 26.6 Å². The number of ether oxygens (including phenoxy) is 3. The van der Waals surface area contributed by atoms with Gasteiger partial charge in [0.05, 0.1) is 27.0 Å². The van der Waals surface area contributed by atoms with Crippen LogP contribution in [-0.2, 0) is 6.42 Å². The first-order chi connectivity index (χ1) is 12.2. The minimum Gasteiger partial charge on any atom is -0.493 e. The van der Waals surface area contributed by atoms with E-state index < -0.39 is 0 Å². The van der Waals surface area contributed by atoms with Crippen molar-refractivity contribution >= 4 is 29.9 Å². The number of benzene rings is 1. The summed E-state index contributed by atoms with van der Waals surface area (Å²) in [6.45, 7) is 1.63. The van der Waals surface area contributed by atoms with E-state index in [0.29, 0.717) is 37.2 Å². The van der Waals surface area contributed by atoms with Gasteiger partial charge in [-0.2, -0.15) is 0 Å². The summed E-state index contributed by atoms with van der Waals surface area (Å²) in [5, 5.41) is 3.02. The zero-order chi connectivity index (χ0) is 17.9. The largest absolute Gasteiger partial charge is 0.493 e. The van der Waals surface area contributed by atoms with Crippen molar-refractivity contribution in [2.75, 3.05) is 33.9 Å². The van der Waals surface area contributed by atoms with Crippen LogP contribution in [0.25, 0.3) is 0 Å². The summed E-state index contributed by atoms with van der Waals surface area (Å²) in [5.74, 6) is 2.55. The number of nitrogens with zero attached hydrogens (tertiary/aromatic N) is 2. The van der Waals surface area contributed by atoms with Crippen LogP contribution in [0.4, 0.5) is 0 Å². The highest BCUT2D eigenvalue weighted by atomic mass is 127. The molecule has 0 saturated heterocycles. The van der Waals surface area contributed by atoms with Gasteiger partial charge in [-0.05, 0) is 36.2 Å². The fourth-order valence-corrected chi connectivity index (χ4v) is 2.18. The molecule has 8 heteroatoms.